The number of rotatable bonds is 2. The van der Waals surface area contributed by atoms with Gasteiger partial charge in [-0.1, -0.05) is 0 Å². The van der Waals surface area contributed by atoms with Gasteiger partial charge in [0.05, 0.1) is 12.7 Å². The SMILES string of the molecule is OCCN1C[C@@H]2CCC[C@H]1O2. The van der Waals surface area contributed by atoms with Crippen molar-refractivity contribution in [3.63, 3.8) is 0 Å². The minimum atomic E-state index is 0.257. The second kappa shape index (κ2) is 3.09. The van der Waals surface area contributed by atoms with Gasteiger partial charge in [-0.05, 0) is 19.3 Å². The highest BCUT2D eigenvalue weighted by Crippen LogP contribution is 2.28. The van der Waals surface area contributed by atoms with Crippen molar-refractivity contribution in [3.8, 4) is 0 Å². The van der Waals surface area contributed by atoms with Crippen LogP contribution in [0, 0.1) is 0 Å². The maximum Gasteiger partial charge on any atom is 0.111 e. The van der Waals surface area contributed by atoms with E-state index in [1.54, 1.807) is 0 Å². The fourth-order valence-corrected chi connectivity index (χ4v) is 2.02. The van der Waals surface area contributed by atoms with Gasteiger partial charge in [0.15, 0.2) is 0 Å². The monoisotopic (exact) mass is 157 g/mol. The Labute approximate surface area is 66.9 Å². The molecular weight excluding hydrogens is 142 g/mol. The molecule has 2 saturated heterocycles. The molecule has 0 aromatic heterocycles. The molecule has 2 atom stereocenters. The van der Waals surface area contributed by atoms with Crippen molar-refractivity contribution in [2.24, 2.45) is 0 Å². The second-order valence-electron chi connectivity index (χ2n) is 3.36. The Hall–Kier alpha value is -0.120. The fraction of sp³-hybridized carbons (Fsp3) is 1.00. The first kappa shape index (κ1) is 7.53. The first-order chi connectivity index (χ1) is 5.40. The smallest absolute Gasteiger partial charge is 0.111 e. The van der Waals surface area contributed by atoms with Crippen LogP contribution in [0.5, 0.6) is 0 Å². The van der Waals surface area contributed by atoms with Crippen molar-refractivity contribution >= 4 is 0 Å². The third kappa shape index (κ3) is 1.41. The molecule has 0 saturated carbocycles. The molecule has 3 heteroatoms. The van der Waals surface area contributed by atoms with E-state index < -0.39 is 0 Å². The van der Waals surface area contributed by atoms with Crippen molar-refractivity contribution in [1.29, 1.82) is 0 Å². The minimum Gasteiger partial charge on any atom is -0.395 e. The van der Waals surface area contributed by atoms with E-state index in [9.17, 15) is 0 Å². The van der Waals surface area contributed by atoms with Crippen LogP contribution in [-0.4, -0.2) is 42.0 Å². The predicted molar refractivity (Wildman–Crippen MR) is 41.2 cm³/mol. The molecule has 0 radical (unpaired) electrons. The normalized spacial score (nSPS) is 37.9. The molecule has 0 aromatic carbocycles. The van der Waals surface area contributed by atoms with E-state index >= 15 is 0 Å². The maximum atomic E-state index is 8.75. The van der Waals surface area contributed by atoms with E-state index in [-0.39, 0.29) is 6.61 Å². The van der Waals surface area contributed by atoms with Crippen molar-refractivity contribution < 1.29 is 9.84 Å². The maximum absolute atomic E-state index is 8.75. The molecule has 64 valence electrons. The number of aliphatic hydroxyl groups excluding tert-OH is 1. The molecule has 3 nitrogen and oxygen atoms in total. The van der Waals surface area contributed by atoms with Gasteiger partial charge in [-0.2, -0.15) is 0 Å². The molecule has 0 aromatic rings. The molecule has 0 spiro atoms. The Bertz CT molecular complexity index is 140. The van der Waals surface area contributed by atoms with Gasteiger partial charge in [0.25, 0.3) is 0 Å². The summed E-state index contributed by atoms with van der Waals surface area (Å²) in [5.74, 6) is 0. The van der Waals surface area contributed by atoms with Crippen molar-refractivity contribution in [2.75, 3.05) is 19.7 Å². The number of β-amino-alcohol motifs (C(OH)–C–C–N with tert-alkyl or cyclic N) is 1. The quantitative estimate of drug-likeness (QED) is 0.621. The molecule has 0 amide bonds. The number of hydrogen-bond donors (Lipinski definition) is 1. The average molecular weight is 157 g/mol. The van der Waals surface area contributed by atoms with E-state index in [0.29, 0.717) is 12.3 Å². The molecule has 2 rings (SSSR count). The topological polar surface area (TPSA) is 32.7 Å². The van der Waals surface area contributed by atoms with E-state index in [4.69, 9.17) is 9.84 Å². The van der Waals surface area contributed by atoms with Gasteiger partial charge in [-0.3, -0.25) is 4.90 Å². The van der Waals surface area contributed by atoms with Gasteiger partial charge in [-0.15, -0.1) is 0 Å². The molecule has 2 bridgehead atoms. The van der Waals surface area contributed by atoms with E-state index in [1.165, 1.54) is 12.8 Å². The highest BCUT2D eigenvalue weighted by molar-refractivity contribution is 4.82. The zero-order chi connectivity index (χ0) is 7.68. The number of nitrogens with zero attached hydrogens (tertiary/aromatic N) is 1. The number of aliphatic hydroxyl groups is 1. The van der Waals surface area contributed by atoms with Gasteiger partial charge < -0.3 is 9.84 Å². The highest BCUT2D eigenvalue weighted by atomic mass is 16.5. The predicted octanol–water partition coefficient (Wildman–Crippen LogP) is 0.189. The standard InChI is InChI=1S/C8H15NO2/c10-5-4-9-6-7-2-1-3-8(9)11-7/h7-8,10H,1-6H2/t7-,8+/m0/s1. The van der Waals surface area contributed by atoms with Gasteiger partial charge in [0.1, 0.15) is 6.23 Å². The van der Waals surface area contributed by atoms with Crippen LogP contribution in [0.15, 0.2) is 0 Å². The highest BCUT2D eigenvalue weighted by Gasteiger charge is 2.35. The molecule has 2 aliphatic heterocycles. The summed E-state index contributed by atoms with van der Waals surface area (Å²) >= 11 is 0. The molecule has 2 fully saturated rings. The van der Waals surface area contributed by atoms with Crippen LogP contribution in [-0.2, 0) is 4.74 Å². The molecule has 2 heterocycles. The summed E-state index contributed by atoms with van der Waals surface area (Å²) in [6.07, 6.45) is 4.42. The van der Waals surface area contributed by atoms with Crippen LogP contribution in [0.4, 0.5) is 0 Å². The summed E-state index contributed by atoms with van der Waals surface area (Å²) in [5, 5.41) is 8.75. The molecule has 2 aliphatic rings. The number of likely N-dealkylation sites (tertiary alicyclic amines) is 1. The van der Waals surface area contributed by atoms with Crippen LogP contribution in [0.2, 0.25) is 0 Å². The summed E-state index contributed by atoms with van der Waals surface area (Å²) in [7, 11) is 0. The van der Waals surface area contributed by atoms with Gasteiger partial charge in [0, 0.05) is 13.1 Å². The van der Waals surface area contributed by atoms with Crippen molar-refractivity contribution in [2.45, 2.75) is 31.6 Å². The lowest BCUT2D eigenvalue weighted by Gasteiger charge is -2.22. The van der Waals surface area contributed by atoms with Gasteiger partial charge in [0.2, 0.25) is 0 Å². The van der Waals surface area contributed by atoms with Crippen LogP contribution < -0.4 is 0 Å². The van der Waals surface area contributed by atoms with Gasteiger partial charge in [-0.25, -0.2) is 0 Å². The largest absolute Gasteiger partial charge is 0.395 e. The fourth-order valence-electron chi connectivity index (χ4n) is 2.02. The zero-order valence-corrected chi connectivity index (χ0v) is 6.70. The number of fused-ring (bicyclic) bond motifs is 2. The molecular formula is C8H15NO2. The Kier molecular flexibility index (Phi) is 2.11. The minimum absolute atomic E-state index is 0.257. The van der Waals surface area contributed by atoms with Crippen LogP contribution >= 0.6 is 0 Å². The summed E-state index contributed by atoms with van der Waals surface area (Å²) < 4.78 is 5.68. The third-order valence-corrected chi connectivity index (χ3v) is 2.56. The van der Waals surface area contributed by atoms with E-state index in [1.807, 2.05) is 0 Å². The number of ether oxygens (including phenoxy) is 1. The molecule has 0 unspecified atom stereocenters. The number of hydrogen-bond acceptors (Lipinski definition) is 3. The Morgan fingerprint density at radius 3 is 3.09 bits per heavy atom. The lowest BCUT2D eigenvalue weighted by atomic mass is 10.1. The summed E-state index contributed by atoms with van der Waals surface area (Å²) in [6.45, 7) is 2.07. The van der Waals surface area contributed by atoms with Crippen molar-refractivity contribution in [3.05, 3.63) is 0 Å². The average Bonchev–Trinajstić information content (AvgIpc) is 2.29. The zero-order valence-electron chi connectivity index (χ0n) is 6.70. The lowest BCUT2D eigenvalue weighted by molar-refractivity contribution is -0.0359. The van der Waals surface area contributed by atoms with Crippen LogP contribution in [0.1, 0.15) is 19.3 Å². The first-order valence-electron chi connectivity index (χ1n) is 4.40. The third-order valence-electron chi connectivity index (χ3n) is 2.56. The summed E-state index contributed by atoms with van der Waals surface area (Å²) in [4.78, 5) is 2.25. The van der Waals surface area contributed by atoms with Crippen LogP contribution in [0.3, 0.4) is 0 Å². The first-order valence-corrected chi connectivity index (χ1v) is 4.40. The molecule has 1 N–H and O–H groups in total. The summed E-state index contributed by atoms with van der Waals surface area (Å²) in [5.41, 5.74) is 0. The Morgan fingerprint density at radius 1 is 1.45 bits per heavy atom. The van der Waals surface area contributed by atoms with E-state index in [0.717, 1.165) is 19.5 Å². The summed E-state index contributed by atoms with van der Waals surface area (Å²) in [6, 6.07) is 0. The van der Waals surface area contributed by atoms with E-state index in [2.05, 4.69) is 4.90 Å². The Morgan fingerprint density at radius 2 is 2.36 bits per heavy atom. The Balaban J connectivity index is 1.92. The van der Waals surface area contributed by atoms with Crippen molar-refractivity contribution in [1.82, 2.24) is 4.90 Å². The van der Waals surface area contributed by atoms with Crippen LogP contribution in [0.25, 0.3) is 0 Å². The van der Waals surface area contributed by atoms with Gasteiger partial charge >= 0.3 is 0 Å². The second-order valence-corrected chi connectivity index (χ2v) is 3.36. The molecule has 11 heavy (non-hydrogen) atoms. The molecule has 0 aliphatic carbocycles. The lowest BCUT2D eigenvalue weighted by Crippen LogP contribution is -2.32.